The van der Waals surface area contributed by atoms with Gasteiger partial charge in [0, 0.05) is 13.1 Å². The number of thiophene rings is 2. The summed E-state index contributed by atoms with van der Waals surface area (Å²) in [5.41, 5.74) is 1.16. The van der Waals surface area contributed by atoms with E-state index in [0.717, 1.165) is 26.4 Å². The molecule has 0 saturated heterocycles. The lowest BCUT2D eigenvalue weighted by Crippen LogP contribution is -2.23. The average molecular weight is 343 g/mol. The number of aromatic nitrogens is 4. The fourth-order valence-corrected chi connectivity index (χ4v) is 4.11. The number of aryl methyl sites for hydroxylation is 1. The van der Waals surface area contributed by atoms with E-state index < -0.39 is 0 Å². The Balaban J connectivity index is 1.55. The molecular weight excluding hydrogens is 330 g/mol. The zero-order valence-corrected chi connectivity index (χ0v) is 13.9. The molecule has 8 heteroatoms. The van der Waals surface area contributed by atoms with Crippen LogP contribution in [0.25, 0.3) is 20.4 Å². The lowest BCUT2D eigenvalue weighted by atomic mass is 10.2. The van der Waals surface area contributed by atoms with Gasteiger partial charge in [0.05, 0.1) is 17.1 Å². The fraction of sp³-hybridized carbons (Fsp3) is 0.200. The van der Waals surface area contributed by atoms with Crippen LogP contribution in [-0.4, -0.2) is 26.1 Å². The van der Waals surface area contributed by atoms with Crippen molar-refractivity contribution in [1.82, 2.24) is 19.5 Å². The van der Waals surface area contributed by atoms with Crippen LogP contribution in [0.1, 0.15) is 5.56 Å². The Bertz CT molecular complexity index is 1050. The molecule has 0 radical (unpaired) electrons. The monoisotopic (exact) mass is 343 g/mol. The Hall–Kier alpha value is -2.32. The Kier molecular flexibility index (Phi) is 3.55. The van der Waals surface area contributed by atoms with Gasteiger partial charge in [0.15, 0.2) is 0 Å². The summed E-state index contributed by atoms with van der Waals surface area (Å²) in [7, 11) is 0. The molecule has 0 aliphatic heterocycles. The largest absolute Gasteiger partial charge is 0.368 e. The average Bonchev–Trinajstić information content (AvgIpc) is 3.18. The SMILES string of the molecule is Cc1csc2ncnc(NCCn3cnc4sccc4c3=O)c12. The number of nitrogens with zero attached hydrogens (tertiary/aromatic N) is 4. The van der Waals surface area contributed by atoms with Crippen molar-refractivity contribution in [2.45, 2.75) is 13.5 Å². The van der Waals surface area contributed by atoms with Gasteiger partial charge in [-0.15, -0.1) is 22.7 Å². The zero-order valence-electron chi connectivity index (χ0n) is 12.3. The third-order valence-electron chi connectivity index (χ3n) is 3.65. The molecule has 0 aliphatic carbocycles. The van der Waals surface area contributed by atoms with E-state index in [-0.39, 0.29) is 5.56 Å². The second-order valence-corrected chi connectivity index (χ2v) is 6.88. The summed E-state index contributed by atoms with van der Waals surface area (Å²) in [5, 5.41) is 8.99. The van der Waals surface area contributed by atoms with Crippen molar-refractivity contribution in [2.75, 3.05) is 11.9 Å². The molecule has 4 aromatic rings. The Morgan fingerprint density at radius 1 is 1.22 bits per heavy atom. The van der Waals surface area contributed by atoms with Gasteiger partial charge in [-0.1, -0.05) is 0 Å². The molecule has 0 unspecified atom stereocenters. The van der Waals surface area contributed by atoms with E-state index in [1.54, 1.807) is 28.6 Å². The molecule has 0 bridgehead atoms. The zero-order chi connectivity index (χ0) is 15.8. The van der Waals surface area contributed by atoms with Gasteiger partial charge in [-0.2, -0.15) is 0 Å². The van der Waals surface area contributed by atoms with Crippen molar-refractivity contribution in [3.8, 4) is 0 Å². The molecule has 0 amide bonds. The lowest BCUT2D eigenvalue weighted by molar-refractivity contribution is 0.689. The van der Waals surface area contributed by atoms with Gasteiger partial charge < -0.3 is 5.32 Å². The van der Waals surface area contributed by atoms with Crippen LogP contribution in [-0.2, 0) is 6.54 Å². The van der Waals surface area contributed by atoms with Gasteiger partial charge in [0.25, 0.3) is 5.56 Å². The maximum Gasteiger partial charge on any atom is 0.262 e. The first-order valence-electron chi connectivity index (χ1n) is 7.09. The Morgan fingerprint density at radius 2 is 2.13 bits per heavy atom. The van der Waals surface area contributed by atoms with Crippen LogP contribution in [0.4, 0.5) is 5.82 Å². The van der Waals surface area contributed by atoms with Crippen molar-refractivity contribution in [2.24, 2.45) is 0 Å². The van der Waals surface area contributed by atoms with E-state index in [9.17, 15) is 4.79 Å². The Labute approximate surface area is 139 Å². The first-order chi connectivity index (χ1) is 11.2. The van der Waals surface area contributed by atoms with E-state index in [1.165, 1.54) is 11.3 Å². The van der Waals surface area contributed by atoms with Gasteiger partial charge in [-0.05, 0) is 29.3 Å². The summed E-state index contributed by atoms with van der Waals surface area (Å²) in [6, 6.07) is 1.82. The summed E-state index contributed by atoms with van der Waals surface area (Å²) in [5.74, 6) is 0.811. The number of fused-ring (bicyclic) bond motifs is 2. The molecular formula is C15H13N5OS2. The molecule has 0 aliphatic rings. The van der Waals surface area contributed by atoms with Gasteiger partial charge in [0.2, 0.25) is 0 Å². The topological polar surface area (TPSA) is 72.7 Å². The first-order valence-corrected chi connectivity index (χ1v) is 8.85. The van der Waals surface area contributed by atoms with Gasteiger partial charge in [-0.3, -0.25) is 9.36 Å². The number of nitrogens with one attached hydrogen (secondary N) is 1. The molecule has 23 heavy (non-hydrogen) atoms. The van der Waals surface area contributed by atoms with Crippen LogP contribution in [0.3, 0.4) is 0 Å². The van der Waals surface area contributed by atoms with Gasteiger partial charge in [-0.25, -0.2) is 15.0 Å². The minimum atomic E-state index is -0.00222. The second-order valence-electron chi connectivity index (χ2n) is 5.13. The summed E-state index contributed by atoms with van der Waals surface area (Å²) < 4.78 is 1.63. The summed E-state index contributed by atoms with van der Waals surface area (Å²) in [6.45, 7) is 3.18. The predicted molar refractivity (Wildman–Crippen MR) is 94.5 cm³/mol. The molecule has 4 rings (SSSR count). The van der Waals surface area contributed by atoms with E-state index in [0.29, 0.717) is 18.5 Å². The van der Waals surface area contributed by atoms with Crippen LogP contribution in [0.15, 0.2) is 34.3 Å². The van der Waals surface area contributed by atoms with E-state index in [2.05, 4.69) is 25.6 Å². The number of anilines is 1. The van der Waals surface area contributed by atoms with Crippen LogP contribution in [0, 0.1) is 6.92 Å². The molecule has 0 fully saturated rings. The maximum atomic E-state index is 12.3. The van der Waals surface area contributed by atoms with Crippen molar-refractivity contribution in [3.63, 3.8) is 0 Å². The van der Waals surface area contributed by atoms with Crippen LogP contribution in [0.5, 0.6) is 0 Å². The molecule has 0 atom stereocenters. The normalized spacial score (nSPS) is 11.3. The molecule has 116 valence electrons. The predicted octanol–water partition coefficient (Wildman–Crippen LogP) is 2.88. The maximum absolute atomic E-state index is 12.3. The molecule has 6 nitrogen and oxygen atoms in total. The van der Waals surface area contributed by atoms with E-state index in [4.69, 9.17) is 0 Å². The van der Waals surface area contributed by atoms with Crippen molar-refractivity contribution >= 4 is 48.9 Å². The Morgan fingerprint density at radius 3 is 3.04 bits per heavy atom. The molecule has 1 N–H and O–H groups in total. The highest BCUT2D eigenvalue weighted by molar-refractivity contribution is 7.17. The molecule has 0 saturated carbocycles. The highest BCUT2D eigenvalue weighted by atomic mass is 32.1. The van der Waals surface area contributed by atoms with Crippen molar-refractivity contribution in [1.29, 1.82) is 0 Å². The highest BCUT2D eigenvalue weighted by Gasteiger charge is 2.09. The second kappa shape index (κ2) is 5.71. The smallest absolute Gasteiger partial charge is 0.262 e. The third-order valence-corrected chi connectivity index (χ3v) is 5.47. The number of hydrogen-bond donors (Lipinski definition) is 1. The quantitative estimate of drug-likeness (QED) is 0.617. The summed E-state index contributed by atoms with van der Waals surface area (Å²) in [4.78, 5) is 27.0. The van der Waals surface area contributed by atoms with Crippen LogP contribution < -0.4 is 10.9 Å². The van der Waals surface area contributed by atoms with Gasteiger partial charge >= 0.3 is 0 Å². The van der Waals surface area contributed by atoms with Crippen LogP contribution in [0.2, 0.25) is 0 Å². The molecule has 0 aromatic carbocycles. The van der Waals surface area contributed by atoms with E-state index >= 15 is 0 Å². The summed E-state index contributed by atoms with van der Waals surface area (Å²) >= 11 is 3.09. The number of rotatable bonds is 4. The van der Waals surface area contributed by atoms with Crippen molar-refractivity contribution < 1.29 is 0 Å². The first kappa shape index (κ1) is 14.3. The molecule has 4 aromatic heterocycles. The number of hydrogen-bond acceptors (Lipinski definition) is 7. The third kappa shape index (κ3) is 2.49. The highest BCUT2D eigenvalue weighted by Crippen LogP contribution is 2.28. The minimum Gasteiger partial charge on any atom is -0.368 e. The van der Waals surface area contributed by atoms with Gasteiger partial charge in [0.1, 0.15) is 21.8 Å². The molecule has 4 heterocycles. The fourth-order valence-electron chi connectivity index (χ4n) is 2.50. The van der Waals surface area contributed by atoms with Crippen LogP contribution >= 0.6 is 22.7 Å². The minimum absolute atomic E-state index is 0.00222. The standard InChI is InChI=1S/C15H13N5OS2/c1-9-6-23-14-11(9)12(17-7-18-14)16-3-4-20-8-19-13-10(15(20)21)2-5-22-13/h2,5-8H,3-4H2,1H3,(H,16,17,18). The summed E-state index contributed by atoms with van der Waals surface area (Å²) in [6.07, 6.45) is 3.17. The molecule has 0 spiro atoms. The lowest BCUT2D eigenvalue weighted by Gasteiger charge is -2.08. The van der Waals surface area contributed by atoms with Crippen molar-refractivity contribution in [3.05, 3.63) is 45.4 Å². The van der Waals surface area contributed by atoms with E-state index in [1.807, 2.05) is 18.4 Å².